The normalized spacial score (nSPS) is 23.4. The van der Waals surface area contributed by atoms with Crippen molar-refractivity contribution in [2.75, 3.05) is 18.0 Å². The predicted octanol–water partition coefficient (Wildman–Crippen LogP) is 5.11. The minimum absolute atomic E-state index is 0.501. The molecule has 1 N–H and O–H groups in total. The Labute approximate surface area is 176 Å². The maximum atomic E-state index is 5.20. The van der Waals surface area contributed by atoms with Gasteiger partial charge in [0.1, 0.15) is 0 Å². The van der Waals surface area contributed by atoms with Crippen LogP contribution in [0.2, 0.25) is 0 Å². The van der Waals surface area contributed by atoms with Crippen LogP contribution in [0.4, 0.5) is 5.95 Å². The van der Waals surface area contributed by atoms with Crippen LogP contribution in [-0.2, 0) is 12.8 Å². The van der Waals surface area contributed by atoms with Crippen molar-refractivity contribution in [1.29, 1.82) is 0 Å². The van der Waals surface area contributed by atoms with Gasteiger partial charge in [-0.1, -0.05) is 38.1 Å². The van der Waals surface area contributed by atoms with Crippen LogP contribution in [0, 0.1) is 0 Å². The van der Waals surface area contributed by atoms with E-state index in [0.717, 1.165) is 37.6 Å². The summed E-state index contributed by atoms with van der Waals surface area (Å²) in [5.74, 6) is 1.53. The highest BCUT2D eigenvalue weighted by Gasteiger charge is 2.29. The molecular weight excluding hydrogens is 356 g/mol. The molecule has 1 unspecified atom stereocenters. The molecule has 0 saturated carbocycles. The zero-order valence-corrected chi connectivity index (χ0v) is 18.5. The van der Waals surface area contributed by atoms with Gasteiger partial charge in [0, 0.05) is 36.2 Å². The van der Waals surface area contributed by atoms with Crippen molar-refractivity contribution in [2.45, 2.75) is 84.2 Å². The number of nitrogens with zero attached hydrogens (tertiary/aromatic N) is 3. The SMILES string of the molecule is CCC(C)c1ccc(-c2nc(N3[C@H](C)CCC[C@@H]3C)nc3c2CCNCC3)cc1. The first-order valence-corrected chi connectivity index (χ1v) is 11.6. The lowest BCUT2D eigenvalue weighted by atomic mass is 9.95. The number of aromatic nitrogens is 2. The number of nitrogens with one attached hydrogen (secondary N) is 1. The Morgan fingerprint density at radius 1 is 1.03 bits per heavy atom. The highest BCUT2D eigenvalue weighted by Crippen LogP contribution is 2.33. The summed E-state index contributed by atoms with van der Waals surface area (Å²) in [4.78, 5) is 12.8. The van der Waals surface area contributed by atoms with Crippen LogP contribution in [0.25, 0.3) is 11.3 Å². The number of fused-ring (bicyclic) bond motifs is 1. The van der Waals surface area contributed by atoms with Gasteiger partial charge in [0.2, 0.25) is 5.95 Å². The quantitative estimate of drug-likeness (QED) is 0.785. The van der Waals surface area contributed by atoms with E-state index >= 15 is 0 Å². The van der Waals surface area contributed by atoms with E-state index in [9.17, 15) is 0 Å². The van der Waals surface area contributed by atoms with Crippen molar-refractivity contribution in [3.05, 3.63) is 41.1 Å². The monoisotopic (exact) mass is 392 g/mol. The topological polar surface area (TPSA) is 41.1 Å². The predicted molar refractivity (Wildman–Crippen MR) is 122 cm³/mol. The molecule has 0 aliphatic carbocycles. The van der Waals surface area contributed by atoms with Gasteiger partial charge < -0.3 is 10.2 Å². The van der Waals surface area contributed by atoms with E-state index in [2.05, 4.69) is 62.2 Å². The third-order valence-electron chi connectivity index (χ3n) is 6.96. The molecule has 0 spiro atoms. The van der Waals surface area contributed by atoms with E-state index in [0.29, 0.717) is 18.0 Å². The van der Waals surface area contributed by atoms with Crippen molar-refractivity contribution in [3.63, 3.8) is 0 Å². The van der Waals surface area contributed by atoms with Gasteiger partial charge in [0.25, 0.3) is 0 Å². The highest BCUT2D eigenvalue weighted by molar-refractivity contribution is 5.66. The Morgan fingerprint density at radius 3 is 2.41 bits per heavy atom. The van der Waals surface area contributed by atoms with Gasteiger partial charge in [-0.25, -0.2) is 9.97 Å². The van der Waals surface area contributed by atoms with E-state index < -0.39 is 0 Å². The molecule has 0 bridgehead atoms. The minimum Gasteiger partial charge on any atom is -0.335 e. The summed E-state index contributed by atoms with van der Waals surface area (Å²) in [6.07, 6.45) is 6.92. The average molecular weight is 393 g/mol. The molecule has 1 fully saturated rings. The minimum atomic E-state index is 0.501. The molecule has 1 aromatic heterocycles. The van der Waals surface area contributed by atoms with Crippen molar-refractivity contribution in [1.82, 2.24) is 15.3 Å². The molecular formula is C25H36N4. The molecule has 1 aromatic carbocycles. The van der Waals surface area contributed by atoms with E-state index in [1.165, 1.54) is 48.1 Å². The first kappa shape index (κ1) is 20.3. The maximum absolute atomic E-state index is 5.20. The van der Waals surface area contributed by atoms with Gasteiger partial charge in [0.15, 0.2) is 0 Å². The second kappa shape index (κ2) is 8.83. The third kappa shape index (κ3) is 4.18. The Hall–Kier alpha value is -1.94. The van der Waals surface area contributed by atoms with Crippen LogP contribution in [0.5, 0.6) is 0 Å². The highest BCUT2D eigenvalue weighted by atomic mass is 15.3. The van der Waals surface area contributed by atoms with E-state index in [1.54, 1.807) is 0 Å². The van der Waals surface area contributed by atoms with E-state index in [-0.39, 0.29) is 0 Å². The fourth-order valence-corrected chi connectivity index (χ4v) is 4.91. The van der Waals surface area contributed by atoms with Crippen molar-refractivity contribution < 1.29 is 0 Å². The molecule has 0 amide bonds. The van der Waals surface area contributed by atoms with Gasteiger partial charge >= 0.3 is 0 Å². The number of hydrogen-bond donors (Lipinski definition) is 1. The molecule has 1 saturated heterocycles. The molecule has 4 nitrogen and oxygen atoms in total. The summed E-state index contributed by atoms with van der Waals surface area (Å²) in [7, 11) is 0. The fraction of sp³-hybridized carbons (Fsp3) is 0.600. The largest absolute Gasteiger partial charge is 0.335 e. The summed E-state index contributed by atoms with van der Waals surface area (Å²) in [5, 5.41) is 3.54. The zero-order chi connectivity index (χ0) is 20.4. The molecule has 156 valence electrons. The van der Waals surface area contributed by atoms with Gasteiger partial charge in [-0.2, -0.15) is 0 Å². The summed E-state index contributed by atoms with van der Waals surface area (Å²) >= 11 is 0. The molecule has 0 radical (unpaired) electrons. The number of anilines is 1. The molecule has 4 rings (SSSR count). The summed E-state index contributed by atoms with van der Waals surface area (Å²) in [6.45, 7) is 11.2. The number of benzene rings is 1. The molecule has 4 heteroatoms. The second-order valence-corrected chi connectivity index (χ2v) is 9.01. The lowest BCUT2D eigenvalue weighted by Crippen LogP contribution is -2.45. The fourth-order valence-electron chi connectivity index (χ4n) is 4.91. The van der Waals surface area contributed by atoms with Gasteiger partial charge in [0.05, 0.1) is 11.4 Å². The van der Waals surface area contributed by atoms with E-state index in [4.69, 9.17) is 9.97 Å². The third-order valence-corrected chi connectivity index (χ3v) is 6.96. The Morgan fingerprint density at radius 2 is 1.72 bits per heavy atom. The van der Waals surface area contributed by atoms with Crippen LogP contribution >= 0.6 is 0 Å². The van der Waals surface area contributed by atoms with Crippen molar-refractivity contribution in [2.24, 2.45) is 0 Å². The van der Waals surface area contributed by atoms with Crippen LogP contribution in [0.15, 0.2) is 24.3 Å². The van der Waals surface area contributed by atoms with Crippen LogP contribution in [-0.4, -0.2) is 35.1 Å². The molecule has 2 aliphatic heterocycles. The lowest BCUT2D eigenvalue weighted by molar-refractivity contribution is 0.407. The second-order valence-electron chi connectivity index (χ2n) is 9.01. The number of hydrogen-bond acceptors (Lipinski definition) is 4. The first-order valence-electron chi connectivity index (χ1n) is 11.6. The number of rotatable bonds is 4. The van der Waals surface area contributed by atoms with Crippen LogP contribution < -0.4 is 10.2 Å². The summed E-state index contributed by atoms with van der Waals surface area (Å²) in [5.41, 5.74) is 6.38. The van der Waals surface area contributed by atoms with Crippen LogP contribution in [0.3, 0.4) is 0 Å². The van der Waals surface area contributed by atoms with Crippen molar-refractivity contribution in [3.8, 4) is 11.3 Å². The smallest absolute Gasteiger partial charge is 0.226 e. The average Bonchev–Trinajstić information content (AvgIpc) is 2.98. The molecule has 3 atom stereocenters. The molecule has 2 aromatic rings. The lowest BCUT2D eigenvalue weighted by Gasteiger charge is -2.39. The molecule has 3 heterocycles. The first-order chi connectivity index (χ1) is 14.1. The Balaban J connectivity index is 1.79. The molecule has 2 aliphatic rings. The van der Waals surface area contributed by atoms with Gasteiger partial charge in [-0.15, -0.1) is 0 Å². The molecule has 29 heavy (non-hydrogen) atoms. The Kier molecular flexibility index (Phi) is 6.19. The standard InChI is InChI=1S/C25H36N4/c1-5-17(2)20-9-11-21(12-10-20)24-22-13-15-26-16-14-23(22)27-25(28-24)29-18(3)7-6-8-19(29)4/h9-12,17-19,26H,5-8,13-16H2,1-4H3/t17?,18-,19+. The van der Waals surface area contributed by atoms with E-state index in [1.807, 2.05) is 0 Å². The van der Waals surface area contributed by atoms with Gasteiger partial charge in [-0.3, -0.25) is 0 Å². The number of piperidine rings is 1. The summed E-state index contributed by atoms with van der Waals surface area (Å²) in [6, 6.07) is 10.1. The summed E-state index contributed by atoms with van der Waals surface area (Å²) < 4.78 is 0. The van der Waals surface area contributed by atoms with Gasteiger partial charge in [-0.05, 0) is 64.0 Å². The zero-order valence-electron chi connectivity index (χ0n) is 18.5. The Bertz CT molecular complexity index is 819. The van der Waals surface area contributed by atoms with Crippen molar-refractivity contribution >= 4 is 5.95 Å². The van der Waals surface area contributed by atoms with Crippen LogP contribution in [0.1, 0.15) is 76.1 Å². The maximum Gasteiger partial charge on any atom is 0.226 e.